The molecule has 0 unspecified atom stereocenters. The largest absolute Gasteiger partial charge is 0.456 e. The van der Waals surface area contributed by atoms with Crippen LogP contribution in [-0.4, -0.2) is 13.8 Å². The van der Waals surface area contributed by atoms with Gasteiger partial charge in [0.05, 0.1) is 0 Å². The number of nitrogens with zero attached hydrogens (tertiary/aromatic N) is 2. The average Bonchev–Trinajstić information content (AvgIpc) is 3.87. The van der Waals surface area contributed by atoms with E-state index in [0.717, 1.165) is 77.2 Å². The third kappa shape index (κ3) is 5.48. The molecule has 0 saturated heterocycles. The quantitative estimate of drug-likeness (QED) is 0.0929. The van der Waals surface area contributed by atoms with Crippen LogP contribution in [0.3, 0.4) is 0 Å². The molecule has 4 nitrogen and oxygen atoms in total. The molecule has 0 aliphatic carbocycles. The molecule has 0 N–H and O–H groups in total. The summed E-state index contributed by atoms with van der Waals surface area (Å²) in [4.78, 5) is 7.30. The lowest BCUT2D eigenvalue weighted by Gasteiger charge is -2.27. The van der Waals surface area contributed by atoms with Crippen LogP contribution in [0.25, 0.3) is 66.0 Å². The van der Waals surface area contributed by atoms with E-state index >= 15 is 0 Å². The lowest BCUT2D eigenvalue weighted by molar-refractivity contribution is 0.623. The number of rotatable bonds is 7. The van der Waals surface area contributed by atoms with E-state index < -0.39 is 8.80 Å². The van der Waals surface area contributed by atoms with Crippen molar-refractivity contribution in [2.75, 3.05) is 4.90 Å². The molecule has 0 aliphatic heterocycles. The zero-order valence-electron chi connectivity index (χ0n) is 30.3. The Morgan fingerprint density at radius 1 is 0.411 bits per heavy atom. The summed E-state index contributed by atoms with van der Waals surface area (Å²) in [5.41, 5.74) is 7.46. The van der Waals surface area contributed by atoms with E-state index in [1.54, 1.807) is 0 Å². The molecule has 0 spiro atoms. The van der Waals surface area contributed by atoms with Gasteiger partial charge in [-0.2, -0.15) is 0 Å². The van der Waals surface area contributed by atoms with Crippen molar-refractivity contribution in [2.24, 2.45) is 0 Å². The molecular formula is C51H34N2O2Si. The van der Waals surface area contributed by atoms with Crippen molar-refractivity contribution in [3.63, 3.8) is 0 Å². The van der Waals surface area contributed by atoms with Crippen LogP contribution in [-0.2, 0) is 0 Å². The molecule has 9 aromatic carbocycles. The first-order chi connectivity index (χ1) is 27.7. The highest BCUT2D eigenvalue weighted by atomic mass is 28.3. The zero-order valence-corrected chi connectivity index (χ0v) is 31.5. The molecule has 0 radical (unpaired) electrons. The van der Waals surface area contributed by atoms with Gasteiger partial charge in [0.15, 0.2) is 5.58 Å². The fourth-order valence-corrected chi connectivity index (χ4v) is 11.4. The fourth-order valence-electron chi connectivity index (χ4n) is 8.37. The standard InChI is InChI=1S/C51H34N2O2Si/c1-4-13-36(14-5-1)51-52-46-30-26-35-24-23-34-25-27-38(32-45(34)49(35)50(46)55-51)53(39-28-29-44-43-21-10-11-22-47(43)54-48(44)33-39)37-15-12-20-42(31-37)56(40-16-6-2-7-17-40)41-18-8-3-9-19-41/h1-33,56H. The minimum Gasteiger partial charge on any atom is -0.456 e. The highest BCUT2D eigenvalue weighted by Crippen LogP contribution is 2.41. The number of furan rings is 1. The van der Waals surface area contributed by atoms with Gasteiger partial charge in [0.2, 0.25) is 5.89 Å². The third-order valence-corrected chi connectivity index (χ3v) is 14.1. The molecule has 2 aromatic heterocycles. The number of aromatic nitrogens is 1. The van der Waals surface area contributed by atoms with Gasteiger partial charge in [-0.3, -0.25) is 0 Å². The van der Waals surface area contributed by atoms with E-state index in [0.29, 0.717) is 5.89 Å². The Balaban J connectivity index is 1.14. The molecule has 56 heavy (non-hydrogen) atoms. The summed E-state index contributed by atoms with van der Waals surface area (Å²) in [6, 6.07) is 71.4. The molecule has 0 aliphatic rings. The highest BCUT2D eigenvalue weighted by Gasteiger charge is 2.22. The van der Waals surface area contributed by atoms with Crippen molar-refractivity contribution in [1.29, 1.82) is 0 Å². The second-order valence-corrected chi connectivity index (χ2v) is 17.2. The number of hydrogen-bond acceptors (Lipinski definition) is 4. The van der Waals surface area contributed by atoms with Crippen molar-refractivity contribution in [3.8, 4) is 11.5 Å². The second-order valence-electron chi connectivity index (χ2n) is 14.3. The first-order valence-corrected chi connectivity index (χ1v) is 20.7. The molecule has 11 aromatic rings. The minimum absolute atomic E-state index is 0.620. The van der Waals surface area contributed by atoms with E-state index in [1.807, 2.05) is 42.5 Å². The Hall–Kier alpha value is -7.21. The maximum Gasteiger partial charge on any atom is 0.227 e. The summed E-state index contributed by atoms with van der Waals surface area (Å²) < 4.78 is 13.1. The number of para-hydroxylation sites is 1. The normalized spacial score (nSPS) is 11.7. The van der Waals surface area contributed by atoms with Crippen molar-refractivity contribution in [3.05, 3.63) is 200 Å². The summed E-state index contributed by atoms with van der Waals surface area (Å²) in [6.45, 7) is 0. The first-order valence-electron chi connectivity index (χ1n) is 19.0. The highest BCUT2D eigenvalue weighted by molar-refractivity contribution is 6.95. The van der Waals surface area contributed by atoms with Crippen molar-refractivity contribution >= 4 is 96.0 Å². The molecule has 5 heteroatoms. The lowest BCUT2D eigenvalue weighted by Crippen LogP contribution is -2.51. The molecule has 11 rings (SSSR count). The Kier molecular flexibility index (Phi) is 7.64. The second kappa shape index (κ2) is 13.3. The van der Waals surface area contributed by atoms with Crippen LogP contribution < -0.4 is 20.5 Å². The molecule has 0 saturated carbocycles. The Morgan fingerprint density at radius 2 is 1.02 bits per heavy atom. The third-order valence-electron chi connectivity index (χ3n) is 11.0. The van der Waals surface area contributed by atoms with Crippen molar-refractivity contribution in [2.45, 2.75) is 0 Å². The summed E-state index contributed by atoms with van der Waals surface area (Å²) in [5, 5.41) is 10.7. The fraction of sp³-hybridized carbons (Fsp3) is 0. The molecule has 2 heterocycles. The van der Waals surface area contributed by atoms with Gasteiger partial charge in [-0.15, -0.1) is 0 Å². The van der Waals surface area contributed by atoms with Gasteiger partial charge < -0.3 is 13.7 Å². The van der Waals surface area contributed by atoms with E-state index in [4.69, 9.17) is 13.8 Å². The Bertz CT molecular complexity index is 3170. The lowest BCUT2D eigenvalue weighted by atomic mass is 10.00. The monoisotopic (exact) mass is 734 g/mol. The summed E-state index contributed by atoms with van der Waals surface area (Å²) >= 11 is 0. The summed E-state index contributed by atoms with van der Waals surface area (Å²) in [6.07, 6.45) is 0. The van der Waals surface area contributed by atoms with Gasteiger partial charge in [0.1, 0.15) is 25.5 Å². The maximum atomic E-state index is 6.62. The SMILES string of the molecule is c1ccc(-c2nc3ccc4ccc5ccc(N(c6cccc([SiH](c7ccccc7)c7ccccc7)c6)c6ccc7c(c6)oc6ccccc67)cc5c4c3o2)cc1. The zero-order chi connectivity index (χ0) is 37.0. The number of fused-ring (bicyclic) bond motifs is 8. The van der Waals surface area contributed by atoms with Gasteiger partial charge in [0.25, 0.3) is 0 Å². The topological polar surface area (TPSA) is 42.4 Å². The van der Waals surface area contributed by atoms with Gasteiger partial charge in [-0.25, -0.2) is 4.98 Å². The molecule has 0 bridgehead atoms. The molecule has 0 atom stereocenters. The van der Waals surface area contributed by atoms with E-state index in [2.05, 4.69) is 163 Å². The first kappa shape index (κ1) is 32.2. The molecule has 264 valence electrons. The van der Waals surface area contributed by atoms with E-state index in [9.17, 15) is 0 Å². The Morgan fingerprint density at radius 3 is 1.82 bits per heavy atom. The summed E-state index contributed by atoms with van der Waals surface area (Å²) in [7, 11) is -1.82. The van der Waals surface area contributed by atoms with E-state index in [1.165, 1.54) is 15.6 Å². The van der Waals surface area contributed by atoms with Gasteiger partial charge in [-0.05, 0) is 76.8 Å². The minimum atomic E-state index is -1.82. The van der Waals surface area contributed by atoms with Crippen LogP contribution in [0.5, 0.6) is 0 Å². The van der Waals surface area contributed by atoms with Crippen LogP contribution >= 0.6 is 0 Å². The number of oxazole rings is 1. The van der Waals surface area contributed by atoms with Crippen LogP contribution in [0, 0.1) is 0 Å². The predicted molar refractivity (Wildman–Crippen MR) is 235 cm³/mol. The molecule has 0 amide bonds. The van der Waals surface area contributed by atoms with Crippen molar-refractivity contribution in [1.82, 2.24) is 4.98 Å². The predicted octanol–water partition coefficient (Wildman–Crippen LogP) is 11.4. The van der Waals surface area contributed by atoms with Crippen LogP contribution in [0.15, 0.2) is 209 Å². The number of anilines is 3. The summed E-state index contributed by atoms with van der Waals surface area (Å²) in [5.74, 6) is 0.620. The Labute approximate surface area is 325 Å². The molecule has 0 fully saturated rings. The van der Waals surface area contributed by atoms with Gasteiger partial charge in [-0.1, -0.05) is 149 Å². The number of benzene rings is 9. The smallest absolute Gasteiger partial charge is 0.227 e. The number of hydrogen-bond donors (Lipinski definition) is 0. The van der Waals surface area contributed by atoms with Gasteiger partial charge in [0, 0.05) is 44.9 Å². The maximum absolute atomic E-state index is 6.62. The van der Waals surface area contributed by atoms with Crippen LogP contribution in [0.2, 0.25) is 0 Å². The van der Waals surface area contributed by atoms with Gasteiger partial charge >= 0.3 is 0 Å². The van der Waals surface area contributed by atoms with Crippen LogP contribution in [0.1, 0.15) is 0 Å². The van der Waals surface area contributed by atoms with Crippen molar-refractivity contribution < 1.29 is 8.83 Å². The average molecular weight is 735 g/mol. The van der Waals surface area contributed by atoms with E-state index in [-0.39, 0.29) is 0 Å². The molecular weight excluding hydrogens is 701 g/mol. The van der Waals surface area contributed by atoms with Crippen LogP contribution in [0.4, 0.5) is 17.1 Å².